The summed E-state index contributed by atoms with van der Waals surface area (Å²) in [6.45, 7) is 1.82. The van der Waals surface area contributed by atoms with Gasteiger partial charge in [0.1, 0.15) is 11.3 Å². The van der Waals surface area contributed by atoms with Crippen LogP contribution in [0.3, 0.4) is 0 Å². The second-order valence-corrected chi connectivity index (χ2v) is 5.06. The Morgan fingerprint density at radius 3 is 2.74 bits per heavy atom. The van der Waals surface area contributed by atoms with Crippen molar-refractivity contribution in [3.63, 3.8) is 0 Å². The number of carboxylic acids is 1. The quantitative estimate of drug-likeness (QED) is 0.903. The molecule has 1 aromatic heterocycles. The summed E-state index contributed by atoms with van der Waals surface area (Å²) in [5.41, 5.74) is 0.748. The molecule has 0 saturated carbocycles. The minimum absolute atomic E-state index is 0.00475. The largest absolute Gasteiger partial charge is 0.478 e. The molecule has 0 aliphatic carbocycles. The number of carboxylic acid groups (broad SMARTS) is 1. The predicted octanol–water partition coefficient (Wildman–Crippen LogP) is 4.30. The van der Waals surface area contributed by atoms with Crippen LogP contribution < -0.4 is 4.74 Å². The summed E-state index contributed by atoms with van der Waals surface area (Å²) in [7, 11) is 0. The summed E-state index contributed by atoms with van der Waals surface area (Å²) >= 11 is 9.10. The molecule has 0 amide bonds. The number of aromatic carboxylic acids is 1. The van der Waals surface area contributed by atoms with E-state index in [0.29, 0.717) is 10.9 Å². The maximum absolute atomic E-state index is 11.1. The minimum Gasteiger partial charge on any atom is -0.478 e. The summed E-state index contributed by atoms with van der Waals surface area (Å²) in [6, 6.07) is 7.84. The van der Waals surface area contributed by atoms with E-state index in [2.05, 4.69) is 20.9 Å². The zero-order valence-electron chi connectivity index (χ0n) is 9.85. The number of nitrogens with zero attached hydrogens (tertiary/aromatic N) is 1. The zero-order valence-corrected chi connectivity index (χ0v) is 12.2. The lowest BCUT2D eigenvalue weighted by Gasteiger charge is -2.09. The summed E-state index contributed by atoms with van der Waals surface area (Å²) in [4.78, 5) is 15.3. The molecule has 19 heavy (non-hydrogen) atoms. The van der Waals surface area contributed by atoms with Gasteiger partial charge in [0.05, 0.1) is 5.69 Å². The number of hydrogen-bond acceptors (Lipinski definition) is 3. The van der Waals surface area contributed by atoms with Gasteiger partial charge in [0.2, 0.25) is 5.88 Å². The van der Waals surface area contributed by atoms with Gasteiger partial charge < -0.3 is 9.84 Å². The molecule has 1 aromatic carbocycles. The molecular formula is C13H9BrClNO3. The Morgan fingerprint density at radius 1 is 1.37 bits per heavy atom. The molecule has 1 heterocycles. The van der Waals surface area contributed by atoms with E-state index >= 15 is 0 Å². The Kier molecular flexibility index (Phi) is 4.07. The standard InChI is InChI=1S/C13H9BrClNO3/c1-7-10(14)3-5-12(16-7)19-11-4-2-8(15)6-9(11)13(17)18/h2-6H,1H3,(H,17,18). The smallest absolute Gasteiger partial charge is 0.339 e. The predicted molar refractivity (Wildman–Crippen MR) is 75.2 cm³/mol. The number of aryl methyl sites for hydroxylation is 1. The molecule has 0 atom stereocenters. The summed E-state index contributed by atoms with van der Waals surface area (Å²) < 4.78 is 6.35. The maximum Gasteiger partial charge on any atom is 0.339 e. The van der Waals surface area contributed by atoms with Crippen LogP contribution in [0.4, 0.5) is 0 Å². The highest BCUT2D eigenvalue weighted by Crippen LogP contribution is 2.28. The monoisotopic (exact) mass is 341 g/mol. The van der Waals surface area contributed by atoms with E-state index in [4.69, 9.17) is 21.4 Å². The molecule has 0 unspecified atom stereocenters. The van der Waals surface area contributed by atoms with Crippen LogP contribution in [0.15, 0.2) is 34.8 Å². The highest BCUT2D eigenvalue weighted by Gasteiger charge is 2.13. The average Bonchev–Trinajstić information content (AvgIpc) is 2.36. The molecule has 0 fully saturated rings. The van der Waals surface area contributed by atoms with Crippen molar-refractivity contribution in [2.45, 2.75) is 6.92 Å². The number of hydrogen-bond donors (Lipinski definition) is 1. The Bertz CT molecular complexity index is 646. The number of ether oxygens (including phenoxy) is 1. The van der Waals surface area contributed by atoms with Crippen LogP contribution in [0.5, 0.6) is 11.6 Å². The van der Waals surface area contributed by atoms with E-state index in [9.17, 15) is 4.79 Å². The molecule has 2 aromatic rings. The van der Waals surface area contributed by atoms with Crippen LogP contribution in [-0.4, -0.2) is 16.1 Å². The zero-order chi connectivity index (χ0) is 14.0. The van der Waals surface area contributed by atoms with Gasteiger partial charge in [-0.3, -0.25) is 0 Å². The Balaban J connectivity index is 2.37. The molecule has 2 rings (SSSR count). The SMILES string of the molecule is Cc1nc(Oc2ccc(Cl)cc2C(=O)O)ccc1Br. The second kappa shape index (κ2) is 5.59. The van der Waals surface area contributed by atoms with Crippen LogP contribution in [0, 0.1) is 6.92 Å². The van der Waals surface area contributed by atoms with Crippen LogP contribution in [0.25, 0.3) is 0 Å². The summed E-state index contributed by atoms with van der Waals surface area (Å²) in [5, 5.41) is 9.44. The van der Waals surface area contributed by atoms with Gasteiger partial charge in [-0.05, 0) is 47.1 Å². The van der Waals surface area contributed by atoms with Crippen LogP contribution in [-0.2, 0) is 0 Å². The summed E-state index contributed by atoms with van der Waals surface area (Å²) in [6.07, 6.45) is 0. The molecule has 0 spiro atoms. The molecule has 0 aliphatic rings. The van der Waals surface area contributed by atoms with Gasteiger partial charge in [-0.15, -0.1) is 0 Å². The van der Waals surface area contributed by atoms with Gasteiger partial charge in [0.25, 0.3) is 0 Å². The fourth-order valence-electron chi connectivity index (χ4n) is 1.45. The van der Waals surface area contributed by atoms with Crippen LogP contribution >= 0.6 is 27.5 Å². The topological polar surface area (TPSA) is 59.4 Å². The lowest BCUT2D eigenvalue weighted by atomic mass is 10.2. The van der Waals surface area contributed by atoms with Gasteiger partial charge in [-0.25, -0.2) is 9.78 Å². The molecular weight excluding hydrogens is 334 g/mol. The van der Waals surface area contributed by atoms with E-state index < -0.39 is 5.97 Å². The second-order valence-electron chi connectivity index (χ2n) is 3.76. The number of rotatable bonds is 3. The first-order valence-electron chi connectivity index (χ1n) is 5.31. The molecule has 0 saturated heterocycles. The van der Waals surface area contributed by atoms with Crippen LogP contribution in [0.1, 0.15) is 16.1 Å². The van der Waals surface area contributed by atoms with Gasteiger partial charge >= 0.3 is 5.97 Å². The van der Waals surface area contributed by atoms with Crippen molar-refractivity contribution in [2.75, 3.05) is 0 Å². The number of carbonyl (C=O) groups is 1. The fourth-order valence-corrected chi connectivity index (χ4v) is 1.84. The Labute approximate surface area is 123 Å². The number of benzene rings is 1. The van der Waals surface area contributed by atoms with Crippen molar-refractivity contribution >= 4 is 33.5 Å². The van der Waals surface area contributed by atoms with E-state index in [-0.39, 0.29) is 11.3 Å². The third-order valence-electron chi connectivity index (χ3n) is 2.38. The number of aromatic nitrogens is 1. The van der Waals surface area contributed by atoms with Crippen molar-refractivity contribution in [3.05, 3.63) is 51.1 Å². The highest BCUT2D eigenvalue weighted by molar-refractivity contribution is 9.10. The molecule has 0 radical (unpaired) electrons. The first-order chi connectivity index (χ1) is 8.97. The molecule has 98 valence electrons. The lowest BCUT2D eigenvalue weighted by Crippen LogP contribution is -2.01. The molecule has 0 bridgehead atoms. The number of pyridine rings is 1. The first-order valence-corrected chi connectivity index (χ1v) is 6.48. The molecule has 6 heteroatoms. The van der Waals surface area contributed by atoms with Crippen molar-refractivity contribution < 1.29 is 14.6 Å². The van der Waals surface area contributed by atoms with Crippen molar-refractivity contribution in [1.82, 2.24) is 4.98 Å². The highest BCUT2D eigenvalue weighted by atomic mass is 79.9. The van der Waals surface area contributed by atoms with Gasteiger partial charge in [-0.1, -0.05) is 11.6 Å². The molecule has 1 N–H and O–H groups in total. The maximum atomic E-state index is 11.1. The number of halogens is 2. The van der Waals surface area contributed by atoms with Gasteiger partial charge in [-0.2, -0.15) is 0 Å². The van der Waals surface area contributed by atoms with Crippen molar-refractivity contribution in [2.24, 2.45) is 0 Å². The first kappa shape index (κ1) is 13.8. The Morgan fingerprint density at radius 2 is 2.11 bits per heavy atom. The van der Waals surface area contributed by atoms with Crippen molar-refractivity contribution in [1.29, 1.82) is 0 Å². The normalized spacial score (nSPS) is 10.3. The Hall–Kier alpha value is -1.59. The van der Waals surface area contributed by atoms with Crippen molar-refractivity contribution in [3.8, 4) is 11.6 Å². The third-order valence-corrected chi connectivity index (χ3v) is 3.46. The third kappa shape index (κ3) is 3.24. The van der Waals surface area contributed by atoms with Crippen LogP contribution in [0.2, 0.25) is 5.02 Å². The van der Waals surface area contributed by atoms with Gasteiger partial charge in [0.15, 0.2) is 0 Å². The van der Waals surface area contributed by atoms with Gasteiger partial charge in [0, 0.05) is 15.6 Å². The van der Waals surface area contributed by atoms with E-state index in [1.807, 2.05) is 6.92 Å². The molecule has 0 aliphatic heterocycles. The van der Waals surface area contributed by atoms with E-state index in [1.165, 1.54) is 12.1 Å². The van der Waals surface area contributed by atoms with E-state index in [0.717, 1.165) is 10.2 Å². The minimum atomic E-state index is -1.11. The summed E-state index contributed by atoms with van der Waals surface area (Å²) in [5.74, 6) is -0.581. The average molecular weight is 343 g/mol. The fraction of sp³-hybridized carbons (Fsp3) is 0.0769. The lowest BCUT2D eigenvalue weighted by molar-refractivity contribution is 0.0694. The van der Waals surface area contributed by atoms with E-state index in [1.54, 1.807) is 18.2 Å². The molecule has 4 nitrogen and oxygen atoms in total.